The molecule has 25 heavy (non-hydrogen) atoms. The second kappa shape index (κ2) is 7.60. The van der Waals surface area contributed by atoms with Gasteiger partial charge in [0.25, 0.3) is 11.8 Å². The van der Waals surface area contributed by atoms with Gasteiger partial charge in [0.1, 0.15) is 0 Å². The molecule has 2 aromatic carbocycles. The minimum absolute atomic E-state index is 0.0247. The van der Waals surface area contributed by atoms with Gasteiger partial charge >= 0.3 is 5.51 Å². The molecule has 0 bridgehead atoms. The average Bonchev–Trinajstić information content (AvgIpc) is 2.51. The lowest BCUT2D eigenvalue weighted by molar-refractivity contribution is -0.0328. The SMILES string of the molecule is Cc1ccc(C(=O)NNC(=O)c2ccc(SC(F)(F)F)cc2)c(C)c1. The fraction of sp³-hybridized carbons (Fsp3) is 0.176. The Labute approximate surface area is 146 Å². The first-order chi connectivity index (χ1) is 11.7. The molecule has 2 amide bonds. The Morgan fingerprint density at radius 2 is 1.52 bits per heavy atom. The predicted molar refractivity (Wildman–Crippen MR) is 89.2 cm³/mol. The second-order valence-corrected chi connectivity index (χ2v) is 6.44. The molecule has 0 aromatic heterocycles. The van der Waals surface area contributed by atoms with Gasteiger partial charge in [0.05, 0.1) is 0 Å². The van der Waals surface area contributed by atoms with Crippen molar-refractivity contribution in [1.82, 2.24) is 10.9 Å². The number of carbonyl (C=O) groups is 2. The standard InChI is InChI=1S/C17H15F3N2O2S/c1-10-3-8-14(11(2)9-10)16(24)22-21-15(23)12-4-6-13(7-5-12)25-17(18,19)20/h3-9H,1-2H3,(H,21,23)(H,22,24). The van der Waals surface area contributed by atoms with Crippen molar-refractivity contribution in [3.63, 3.8) is 0 Å². The van der Waals surface area contributed by atoms with Crippen LogP contribution in [0.15, 0.2) is 47.4 Å². The normalized spacial score (nSPS) is 11.1. The van der Waals surface area contributed by atoms with Crippen molar-refractivity contribution < 1.29 is 22.8 Å². The number of hydrogen-bond acceptors (Lipinski definition) is 3. The summed E-state index contributed by atoms with van der Waals surface area (Å²) in [5.41, 5.74) is 2.47. The lowest BCUT2D eigenvalue weighted by atomic mass is 10.1. The summed E-state index contributed by atoms with van der Waals surface area (Å²) < 4.78 is 36.8. The largest absolute Gasteiger partial charge is 0.446 e. The smallest absolute Gasteiger partial charge is 0.267 e. The van der Waals surface area contributed by atoms with E-state index < -0.39 is 17.3 Å². The number of hydrogen-bond donors (Lipinski definition) is 2. The van der Waals surface area contributed by atoms with Gasteiger partial charge in [-0.25, -0.2) is 0 Å². The number of thioether (sulfide) groups is 1. The molecule has 0 saturated carbocycles. The third-order valence-electron chi connectivity index (χ3n) is 3.27. The van der Waals surface area contributed by atoms with Crippen LogP contribution in [0.25, 0.3) is 0 Å². The monoisotopic (exact) mass is 368 g/mol. The Kier molecular flexibility index (Phi) is 5.73. The van der Waals surface area contributed by atoms with Crippen LogP contribution in [0, 0.1) is 13.8 Å². The molecule has 0 unspecified atom stereocenters. The van der Waals surface area contributed by atoms with Crippen molar-refractivity contribution in [2.45, 2.75) is 24.3 Å². The Balaban J connectivity index is 1.96. The highest BCUT2D eigenvalue weighted by Gasteiger charge is 2.29. The van der Waals surface area contributed by atoms with Crippen LogP contribution in [0.1, 0.15) is 31.8 Å². The Morgan fingerprint density at radius 1 is 0.920 bits per heavy atom. The summed E-state index contributed by atoms with van der Waals surface area (Å²) >= 11 is -0.262. The van der Waals surface area contributed by atoms with Crippen LogP contribution in [-0.2, 0) is 0 Å². The Hall–Kier alpha value is -2.48. The van der Waals surface area contributed by atoms with E-state index in [2.05, 4.69) is 10.9 Å². The molecule has 0 fully saturated rings. The van der Waals surface area contributed by atoms with Crippen molar-refractivity contribution in [1.29, 1.82) is 0 Å². The molecule has 0 radical (unpaired) electrons. The van der Waals surface area contributed by atoms with E-state index in [1.807, 2.05) is 13.0 Å². The number of carbonyl (C=O) groups excluding carboxylic acids is 2. The van der Waals surface area contributed by atoms with E-state index in [1.54, 1.807) is 19.1 Å². The average molecular weight is 368 g/mol. The van der Waals surface area contributed by atoms with Crippen LogP contribution in [0.4, 0.5) is 13.2 Å². The predicted octanol–water partition coefficient (Wildman–Crippen LogP) is 3.99. The zero-order valence-electron chi connectivity index (χ0n) is 13.4. The summed E-state index contributed by atoms with van der Waals surface area (Å²) in [6.07, 6.45) is 0. The summed E-state index contributed by atoms with van der Waals surface area (Å²) in [6.45, 7) is 3.68. The van der Waals surface area contributed by atoms with Gasteiger partial charge in [0.15, 0.2) is 0 Å². The minimum atomic E-state index is -4.39. The van der Waals surface area contributed by atoms with Crippen molar-refractivity contribution in [3.05, 3.63) is 64.7 Å². The van der Waals surface area contributed by atoms with Crippen molar-refractivity contribution in [2.24, 2.45) is 0 Å². The second-order valence-electron chi connectivity index (χ2n) is 5.30. The fourth-order valence-corrected chi connectivity index (χ4v) is 2.67. The van der Waals surface area contributed by atoms with Gasteiger partial charge in [0.2, 0.25) is 0 Å². The van der Waals surface area contributed by atoms with Gasteiger partial charge < -0.3 is 0 Å². The number of alkyl halides is 3. The molecule has 0 aliphatic rings. The molecule has 0 heterocycles. The number of amides is 2. The third kappa shape index (κ3) is 5.53. The number of hydrazine groups is 1. The highest BCUT2D eigenvalue weighted by atomic mass is 32.2. The van der Waals surface area contributed by atoms with Gasteiger partial charge in [-0.2, -0.15) is 13.2 Å². The number of aryl methyl sites for hydroxylation is 2. The summed E-state index contributed by atoms with van der Waals surface area (Å²) in [5, 5.41) is 0. The maximum absolute atomic E-state index is 12.3. The van der Waals surface area contributed by atoms with Crippen molar-refractivity contribution in [2.75, 3.05) is 0 Å². The van der Waals surface area contributed by atoms with E-state index >= 15 is 0 Å². The molecular weight excluding hydrogens is 353 g/mol. The summed E-state index contributed by atoms with van der Waals surface area (Å²) in [7, 11) is 0. The minimum Gasteiger partial charge on any atom is -0.267 e. The summed E-state index contributed by atoms with van der Waals surface area (Å²) in [6, 6.07) is 10.2. The molecule has 0 spiro atoms. The van der Waals surface area contributed by atoms with Gasteiger partial charge in [-0.15, -0.1) is 0 Å². The highest BCUT2D eigenvalue weighted by molar-refractivity contribution is 8.00. The Morgan fingerprint density at radius 3 is 2.08 bits per heavy atom. The first-order valence-corrected chi connectivity index (χ1v) is 8.01. The highest BCUT2D eigenvalue weighted by Crippen LogP contribution is 2.36. The Bertz CT molecular complexity index is 789. The van der Waals surface area contributed by atoms with Gasteiger partial charge in [-0.1, -0.05) is 17.7 Å². The molecule has 2 N–H and O–H groups in total. The zero-order chi connectivity index (χ0) is 18.6. The molecule has 8 heteroatoms. The number of halogens is 3. The lowest BCUT2D eigenvalue weighted by Crippen LogP contribution is -2.41. The van der Waals surface area contributed by atoms with Crippen LogP contribution in [0.2, 0.25) is 0 Å². The molecule has 0 saturated heterocycles. The molecule has 0 aliphatic heterocycles. The summed E-state index contributed by atoms with van der Waals surface area (Å²) in [5.74, 6) is -1.10. The van der Waals surface area contributed by atoms with E-state index in [-0.39, 0.29) is 22.2 Å². The number of benzene rings is 2. The zero-order valence-corrected chi connectivity index (χ0v) is 14.2. The first-order valence-electron chi connectivity index (χ1n) is 7.19. The van der Waals surface area contributed by atoms with Crippen LogP contribution in [-0.4, -0.2) is 17.3 Å². The van der Waals surface area contributed by atoms with Crippen LogP contribution < -0.4 is 10.9 Å². The van der Waals surface area contributed by atoms with Crippen LogP contribution >= 0.6 is 11.8 Å². The van der Waals surface area contributed by atoms with E-state index in [4.69, 9.17) is 0 Å². The summed E-state index contributed by atoms with van der Waals surface area (Å²) in [4.78, 5) is 24.0. The van der Waals surface area contributed by atoms with Crippen molar-refractivity contribution >= 4 is 23.6 Å². The maximum Gasteiger partial charge on any atom is 0.446 e. The first kappa shape index (κ1) is 18.9. The number of nitrogens with one attached hydrogen (secondary N) is 2. The quantitative estimate of drug-likeness (QED) is 0.636. The van der Waals surface area contributed by atoms with Crippen molar-refractivity contribution in [3.8, 4) is 0 Å². The molecule has 2 rings (SSSR count). The maximum atomic E-state index is 12.3. The van der Waals surface area contributed by atoms with Gasteiger partial charge in [-0.05, 0) is 61.5 Å². The number of rotatable bonds is 3. The lowest BCUT2D eigenvalue weighted by Gasteiger charge is -2.10. The molecule has 2 aromatic rings. The van der Waals surface area contributed by atoms with E-state index in [0.717, 1.165) is 11.1 Å². The van der Waals surface area contributed by atoms with Gasteiger partial charge in [0, 0.05) is 16.0 Å². The fourth-order valence-electron chi connectivity index (χ4n) is 2.13. The molecule has 0 aliphatic carbocycles. The van der Waals surface area contributed by atoms with E-state index in [1.165, 1.54) is 24.3 Å². The molecule has 0 atom stereocenters. The molecular formula is C17H15F3N2O2S. The van der Waals surface area contributed by atoms with Crippen LogP contribution in [0.3, 0.4) is 0 Å². The van der Waals surface area contributed by atoms with Gasteiger partial charge in [-0.3, -0.25) is 20.4 Å². The molecule has 4 nitrogen and oxygen atoms in total. The third-order valence-corrected chi connectivity index (χ3v) is 4.01. The van der Waals surface area contributed by atoms with E-state index in [0.29, 0.717) is 5.56 Å². The topological polar surface area (TPSA) is 58.2 Å². The molecule has 132 valence electrons. The van der Waals surface area contributed by atoms with Crippen LogP contribution in [0.5, 0.6) is 0 Å². The van der Waals surface area contributed by atoms with E-state index in [9.17, 15) is 22.8 Å².